The number of likely N-dealkylation sites (tertiary alicyclic amines) is 1. The summed E-state index contributed by atoms with van der Waals surface area (Å²) in [7, 11) is 0. The molecular formula is C15H22ClN3O4. The van der Waals surface area contributed by atoms with Crippen LogP contribution in [0.15, 0.2) is 24.3 Å². The number of piperidine rings is 1. The number of hydrogen-bond donors (Lipinski definition) is 1. The van der Waals surface area contributed by atoms with E-state index in [1.165, 1.54) is 18.2 Å². The first-order valence-electron chi connectivity index (χ1n) is 7.38. The fourth-order valence-corrected chi connectivity index (χ4v) is 2.72. The smallest absolute Gasteiger partial charge is 0.273 e. The topological polar surface area (TPSA) is 98.7 Å². The number of amides is 1. The number of nitrogens with zero attached hydrogens (tertiary/aromatic N) is 2. The second kappa shape index (κ2) is 8.69. The Kier molecular flexibility index (Phi) is 7.25. The molecule has 23 heavy (non-hydrogen) atoms. The van der Waals surface area contributed by atoms with Gasteiger partial charge in [0, 0.05) is 25.2 Å². The zero-order chi connectivity index (χ0) is 16.1. The van der Waals surface area contributed by atoms with Crippen molar-refractivity contribution >= 4 is 24.0 Å². The minimum Gasteiger partial charge on any atom is -0.484 e. The van der Waals surface area contributed by atoms with Gasteiger partial charge in [-0.05, 0) is 24.8 Å². The number of halogens is 1. The highest BCUT2D eigenvalue weighted by atomic mass is 35.5. The molecule has 0 radical (unpaired) electrons. The molecule has 1 heterocycles. The Labute approximate surface area is 141 Å². The minimum absolute atomic E-state index is 0. The van der Waals surface area contributed by atoms with Crippen molar-refractivity contribution in [1.29, 1.82) is 0 Å². The van der Waals surface area contributed by atoms with E-state index in [-0.39, 0.29) is 36.7 Å². The Bertz CT molecular complexity index is 555. The second-order valence-electron chi connectivity index (χ2n) is 5.65. The molecule has 1 aliphatic rings. The van der Waals surface area contributed by atoms with Crippen molar-refractivity contribution in [3.05, 3.63) is 34.4 Å². The number of nitrogens with two attached hydrogens (primary N) is 1. The van der Waals surface area contributed by atoms with Gasteiger partial charge in [-0.15, -0.1) is 12.4 Å². The van der Waals surface area contributed by atoms with E-state index in [9.17, 15) is 14.9 Å². The molecule has 1 aromatic rings. The molecule has 128 valence electrons. The summed E-state index contributed by atoms with van der Waals surface area (Å²) in [5, 5.41) is 10.7. The van der Waals surface area contributed by atoms with E-state index in [4.69, 9.17) is 10.5 Å². The van der Waals surface area contributed by atoms with Crippen LogP contribution in [0, 0.1) is 16.0 Å². The predicted molar refractivity (Wildman–Crippen MR) is 88.8 cm³/mol. The van der Waals surface area contributed by atoms with E-state index in [2.05, 4.69) is 6.92 Å². The van der Waals surface area contributed by atoms with Crippen LogP contribution < -0.4 is 10.5 Å². The molecule has 2 unspecified atom stereocenters. The maximum Gasteiger partial charge on any atom is 0.273 e. The SMILES string of the molecule is CC1CCN(C(=O)COc2cccc([N+](=O)[O-])c2)C(CN)C1.Cl. The summed E-state index contributed by atoms with van der Waals surface area (Å²) >= 11 is 0. The monoisotopic (exact) mass is 343 g/mol. The number of ether oxygens (including phenoxy) is 1. The maximum absolute atomic E-state index is 12.3. The van der Waals surface area contributed by atoms with Gasteiger partial charge in [0.15, 0.2) is 6.61 Å². The van der Waals surface area contributed by atoms with Crippen molar-refractivity contribution in [1.82, 2.24) is 4.90 Å². The van der Waals surface area contributed by atoms with Crippen LogP contribution in [0.25, 0.3) is 0 Å². The average molecular weight is 344 g/mol. The molecule has 1 aromatic carbocycles. The molecular weight excluding hydrogens is 322 g/mol. The molecule has 2 atom stereocenters. The lowest BCUT2D eigenvalue weighted by molar-refractivity contribution is -0.384. The summed E-state index contributed by atoms with van der Waals surface area (Å²) in [5.74, 6) is 0.751. The number of hydrogen-bond acceptors (Lipinski definition) is 5. The van der Waals surface area contributed by atoms with Gasteiger partial charge in [0.1, 0.15) is 5.75 Å². The Hall–Kier alpha value is -1.86. The van der Waals surface area contributed by atoms with E-state index < -0.39 is 4.92 Å². The van der Waals surface area contributed by atoms with Gasteiger partial charge in [0.25, 0.3) is 11.6 Å². The average Bonchev–Trinajstić information content (AvgIpc) is 2.52. The minimum atomic E-state index is -0.495. The van der Waals surface area contributed by atoms with Gasteiger partial charge in [-0.1, -0.05) is 13.0 Å². The van der Waals surface area contributed by atoms with E-state index in [0.717, 1.165) is 12.8 Å². The van der Waals surface area contributed by atoms with Gasteiger partial charge in [-0.2, -0.15) is 0 Å². The van der Waals surface area contributed by atoms with Crippen LogP contribution in [-0.4, -0.2) is 41.5 Å². The van der Waals surface area contributed by atoms with E-state index in [0.29, 0.717) is 24.8 Å². The van der Waals surface area contributed by atoms with Crippen molar-refractivity contribution in [3.8, 4) is 5.75 Å². The first kappa shape index (κ1) is 19.2. The number of nitro groups is 1. The Balaban J connectivity index is 0.00000264. The molecule has 7 nitrogen and oxygen atoms in total. The summed E-state index contributed by atoms with van der Waals surface area (Å²) < 4.78 is 5.40. The van der Waals surface area contributed by atoms with E-state index in [1.807, 2.05) is 0 Å². The van der Waals surface area contributed by atoms with Crippen molar-refractivity contribution in [2.45, 2.75) is 25.8 Å². The summed E-state index contributed by atoms with van der Waals surface area (Å²) in [6.07, 6.45) is 1.86. The molecule has 2 rings (SSSR count). The van der Waals surface area contributed by atoms with E-state index in [1.54, 1.807) is 11.0 Å². The molecule has 8 heteroatoms. The standard InChI is InChI=1S/C15H21N3O4.ClH/c1-11-5-6-17(13(7-11)9-16)15(19)10-22-14-4-2-3-12(8-14)18(20)21;/h2-4,8,11,13H,5-7,9-10,16H2,1H3;1H. The highest BCUT2D eigenvalue weighted by Crippen LogP contribution is 2.23. The third-order valence-electron chi connectivity index (χ3n) is 3.96. The van der Waals surface area contributed by atoms with Gasteiger partial charge >= 0.3 is 0 Å². The molecule has 0 spiro atoms. The van der Waals surface area contributed by atoms with Gasteiger partial charge in [-0.25, -0.2) is 0 Å². The molecule has 0 saturated carbocycles. The number of carbonyl (C=O) groups excluding carboxylic acids is 1. The molecule has 1 saturated heterocycles. The highest BCUT2D eigenvalue weighted by molar-refractivity contribution is 5.85. The normalized spacial score (nSPS) is 20.5. The summed E-state index contributed by atoms with van der Waals surface area (Å²) in [4.78, 5) is 24.3. The zero-order valence-corrected chi connectivity index (χ0v) is 13.8. The third-order valence-corrected chi connectivity index (χ3v) is 3.96. The zero-order valence-electron chi connectivity index (χ0n) is 13.0. The van der Waals surface area contributed by atoms with Crippen molar-refractivity contribution in [2.24, 2.45) is 11.7 Å². The number of rotatable bonds is 5. The summed E-state index contributed by atoms with van der Waals surface area (Å²) in [5.41, 5.74) is 5.69. The fraction of sp³-hybridized carbons (Fsp3) is 0.533. The number of benzene rings is 1. The number of non-ortho nitro benzene ring substituents is 1. The van der Waals surface area contributed by atoms with Gasteiger partial charge in [0.2, 0.25) is 0 Å². The van der Waals surface area contributed by atoms with Crippen molar-refractivity contribution in [2.75, 3.05) is 19.7 Å². The van der Waals surface area contributed by atoms with Crippen LogP contribution in [0.4, 0.5) is 5.69 Å². The molecule has 1 aliphatic heterocycles. The van der Waals surface area contributed by atoms with Crippen LogP contribution in [0.5, 0.6) is 5.75 Å². The Morgan fingerprint density at radius 3 is 2.91 bits per heavy atom. The molecule has 1 amide bonds. The summed E-state index contributed by atoms with van der Waals surface area (Å²) in [6.45, 7) is 3.14. The fourth-order valence-electron chi connectivity index (χ4n) is 2.72. The van der Waals surface area contributed by atoms with Gasteiger partial charge in [0.05, 0.1) is 11.0 Å². The molecule has 0 aromatic heterocycles. The van der Waals surface area contributed by atoms with Crippen LogP contribution in [0.2, 0.25) is 0 Å². The highest BCUT2D eigenvalue weighted by Gasteiger charge is 2.29. The maximum atomic E-state index is 12.3. The molecule has 0 aliphatic carbocycles. The number of nitro benzene ring substituents is 1. The predicted octanol–water partition coefficient (Wildman–Crippen LogP) is 1.98. The van der Waals surface area contributed by atoms with Gasteiger partial charge in [-0.3, -0.25) is 14.9 Å². The van der Waals surface area contributed by atoms with E-state index >= 15 is 0 Å². The molecule has 1 fully saturated rings. The first-order chi connectivity index (χ1) is 10.5. The molecule has 2 N–H and O–H groups in total. The Morgan fingerprint density at radius 2 is 2.26 bits per heavy atom. The molecule has 0 bridgehead atoms. The lowest BCUT2D eigenvalue weighted by atomic mass is 9.92. The number of carbonyl (C=O) groups is 1. The van der Waals surface area contributed by atoms with Crippen molar-refractivity contribution in [3.63, 3.8) is 0 Å². The first-order valence-corrected chi connectivity index (χ1v) is 7.38. The van der Waals surface area contributed by atoms with Crippen molar-refractivity contribution < 1.29 is 14.5 Å². The summed E-state index contributed by atoms with van der Waals surface area (Å²) in [6, 6.07) is 5.87. The van der Waals surface area contributed by atoms with Gasteiger partial charge < -0.3 is 15.4 Å². The second-order valence-corrected chi connectivity index (χ2v) is 5.65. The Morgan fingerprint density at radius 1 is 1.52 bits per heavy atom. The van der Waals surface area contributed by atoms with Crippen LogP contribution in [0.1, 0.15) is 19.8 Å². The lowest BCUT2D eigenvalue weighted by Crippen LogP contribution is -2.50. The quantitative estimate of drug-likeness (QED) is 0.651. The van der Waals surface area contributed by atoms with Crippen LogP contribution in [0.3, 0.4) is 0 Å². The van der Waals surface area contributed by atoms with Crippen LogP contribution >= 0.6 is 12.4 Å². The largest absolute Gasteiger partial charge is 0.484 e. The van der Waals surface area contributed by atoms with Crippen LogP contribution in [-0.2, 0) is 4.79 Å². The third kappa shape index (κ3) is 5.07. The lowest BCUT2D eigenvalue weighted by Gasteiger charge is -2.37.